The molecule has 29 heavy (non-hydrogen) atoms. The first-order chi connectivity index (χ1) is 14.2. The largest absolute Gasteiger partial charge is 0.494 e. The third-order valence-electron chi connectivity index (χ3n) is 5.50. The van der Waals surface area contributed by atoms with E-state index in [2.05, 4.69) is 29.2 Å². The fourth-order valence-corrected chi connectivity index (χ4v) is 3.90. The molecule has 1 amide bonds. The first-order valence-electron chi connectivity index (χ1n) is 10.2. The highest BCUT2D eigenvalue weighted by atomic mass is 16.5. The minimum atomic E-state index is 0.154. The van der Waals surface area contributed by atoms with E-state index in [1.165, 1.54) is 0 Å². The van der Waals surface area contributed by atoms with E-state index in [-0.39, 0.29) is 12.0 Å². The van der Waals surface area contributed by atoms with Gasteiger partial charge in [-0.2, -0.15) is 0 Å². The van der Waals surface area contributed by atoms with Crippen LogP contribution in [0.1, 0.15) is 26.2 Å². The number of nitrogens with zero attached hydrogens (tertiary/aromatic N) is 2. The van der Waals surface area contributed by atoms with Gasteiger partial charge in [-0.3, -0.25) is 9.78 Å². The Morgan fingerprint density at radius 1 is 1.10 bits per heavy atom. The lowest BCUT2D eigenvalue weighted by Crippen LogP contribution is -2.41. The second-order valence-electron chi connectivity index (χ2n) is 7.30. The molecule has 0 radical (unpaired) electrons. The molecule has 0 spiro atoms. The van der Waals surface area contributed by atoms with E-state index in [0.29, 0.717) is 6.42 Å². The molecule has 0 atom stereocenters. The Balaban J connectivity index is 1.48. The second-order valence-corrected chi connectivity index (χ2v) is 7.30. The summed E-state index contributed by atoms with van der Waals surface area (Å²) < 4.78 is 11.8. The lowest BCUT2D eigenvalue weighted by molar-refractivity contribution is -0.132. The monoisotopic (exact) mass is 390 g/mol. The van der Waals surface area contributed by atoms with Crippen LogP contribution >= 0.6 is 0 Å². The number of ether oxygens (including phenoxy) is 2. The van der Waals surface area contributed by atoms with Gasteiger partial charge in [0.15, 0.2) is 5.75 Å². The number of fused-ring (bicyclic) bond motifs is 1. The van der Waals surface area contributed by atoms with Gasteiger partial charge in [-0.05, 0) is 29.8 Å². The zero-order valence-electron chi connectivity index (χ0n) is 16.9. The number of carbonyl (C=O) groups excluding carboxylic acids is 1. The summed E-state index contributed by atoms with van der Waals surface area (Å²) in [5.74, 6) is 1.86. The number of likely N-dealkylation sites (tertiary alicyclic amines) is 1. The Labute approximate surface area is 171 Å². The van der Waals surface area contributed by atoms with Crippen molar-refractivity contribution >= 4 is 16.8 Å². The summed E-state index contributed by atoms with van der Waals surface area (Å²) in [5, 5.41) is 1.06. The highest BCUT2D eigenvalue weighted by Gasteiger charge is 2.23. The van der Waals surface area contributed by atoms with Gasteiger partial charge in [0.25, 0.3) is 0 Å². The Hall–Kier alpha value is -3.08. The van der Waals surface area contributed by atoms with Crippen molar-refractivity contribution in [2.45, 2.75) is 32.3 Å². The van der Waals surface area contributed by atoms with Crippen LogP contribution in [0.15, 0.2) is 54.7 Å². The molecule has 0 saturated carbocycles. The van der Waals surface area contributed by atoms with Gasteiger partial charge in [0.2, 0.25) is 5.91 Å². The van der Waals surface area contributed by atoms with Crippen LogP contribution in [-0.2, 0) is 4.79 Å². The quantitative estimate of drug-likeness (QED) is 0.634. The highest BCUT2D eigenvalue weighted by Crippen LogP contribution is 2.36. The maximum absolute atomic E-state index is 11.8. The van der Waals surface area contributed by atoms with Gasteiger partial charge in [0, 0.05) is 49.5 Å². The molecular weight excluding hydrogens is 364 g/mol. The Bertz CT molecular complexity index is 993. The Morgan fingerprint density at radius 3 is 2.55 bits per heavy atom. The number of pyridine rings is 1. The summed E-state index contributed by atoms with van der Waals surface area (Å²) in [6, 6.07) is 16.2. The molecule has 3 aromatic rings. The van der Waals surface area contributed by atoms with Crippen LogP contribution in [0.4, 0.5) is 0 Å². The first kappa shape index (κ1) is 19.2. The van der Waals surface area contributed by atoms with E-state index in [1.54, 1.807) is 13.3 Å². The smallest absolute Gasteiger partial charge is 0.222 e. The number of carbonyl (C=O) groups is 1. The molecular formula is C24H26N2O3. The molecule has 0 aliphatic carbocycles. The predicted molar refractivity (Wildman–Crippen MR) is 114 cm³/mol. The van der Waals surface area contributed by atoms with Crippen molar-refractivity contribution in [1.29, 1.82) is 0 Å². The normalized spacial score (nSPS) is 14.8. The molecule has 1 saturated heterocycles. The van der Waals surface area contributed by atoms with Crippen LogP contribution in [0.3, 0.4) is 0 Å². The molecule has 150 valence electrons. The van der Waals surface area contributed by atoms with Gasteiger partial charge in [0.05, 0.1) is 7.11 Å². The minimum absolute atomic E-state index is 0.154. The van der Waals surface area contributed by atoms with E-state index in [1.807, 2.05) is 36.1 Å². The van der Waals surface area contributed by atoms with Gasteiger partial charge in [-0.1, -0.05) is 31.2 Å². The summed E-state index contributed by atoms with van der Waals surface area (Å²) in [5.41, 5.74) is 2.93. The molecule has 2 aromatic carbocycles. The van der Waals surface area contributed by atoms with Crippen molar-refractivity contribution in [3.63, 3.8) is 0 Å². The molecule has 2 heterocycles. The summed E-state index contributed by atoms with van der Waals surface area (Å²) in [6.07, 6.45) is 4.25. The molecule has 5 nitrogen and oxygen atoms in total. The summed E-state index contributed by atoms with van der Waals surface area (Å²) in [6.45, 7) is 3.46. The van der Waals surface area contributed by atoms with Crippen LogP contribution < -0.4 is 9.47 Å². The van der Waals surface area contributed by atoms with E-state index in [9.17, 15) is 4.79 Å². The molecule has 0 N–H and O–H groups in total. The summed E-state index contributed by atoms with van der Waals surface area (Å²) in [7, 11) is 1.68. The molecule has 0 bridgehead atoms. The maximum atomic E-state index is 11.8. The van der Waals surface area contributed by atoms with Gasteiger partial charge in [0.1, 0.15) is 17.4 Å². The van der Waals surface area contributed by atoms with Crippen molar-refractivity contribution in [2.75, 3.05) is 20.2 Å². The van der Waals surface area contributed by atoms with E-state index < -0.39 is 0 Å². The highest BCUT2D eigenvalue weighted by molar-refractivity contribution is 5.92. The van der Waals surface area contributed by atoms with Gasteiger partial charge >= 0.3 is 0 Å². The van der Waals surface area contributed by atoms with E-state index in [4.69, 9.17) is 9.47 Å². The van der Waals surface area contributed by atoms with Crippen molar-refractivity contribution < 1.29 is 14.3 Å². The van der Waals surface area contributed by atoms with Crippen LogP contribution in [0, 0.1) is 0 Å². The van der Waals surface area contributed by atoms with Gasteiger partial charge in [-0.25, -0.2) is 0 Å². The lowest BCUT2D eigenvalue weighted by Gasteiger charge is -2.32. The first-order valence-corrected chi connectivity index (χ1v) is 10.2. The molecule has 1 aliphatic rings. The molecule has 1 aliphatic heterocycles. The number of aromatic nitrogens is 1. The number of amides is 1. The third kappa shape index (κ3) is 4.04. The van der Waals surface area contributed by atoms with Crippen molar-refractivity contribution in [2.24, 2.45) is 0 Å². The second kappa shape index (κ2) is 8.52. The van der Waals surface area contributed by atoms with Crippen molar-refractivity contribution in [1.82, 2.24) is 9.88 Å². The van der Waals surface area contributed by atoms with E-state index in [0.717, 1.165) is 59.5 Å². The SMILES string of the molecule is CCC(=O)N1CCC(Oc2ccc(-c3ccc4cccnc4c3OC)cc2)CC1. The van der Waals surface area contributed by atoms with Gasteiger partial charge < -0.3 is 14.4 Å². The molecule has 4 rings (SSSR count). The summed E-state index contributed by atoms with van der Waals surface area (Å²) in [4.78, 5) is 18.2. The van der Waals surface area contributed by atoms with Crippen LogP contribution in [0.25, 0.3) is 22.0 Å². The maximum Gasteiger partial charge on any atom is 0.222 e. The lowest BCUT2D eigenvalue weighted by atomic mass is 10.0. The number of hydrogen-bond donors (Lipinski definition) is 0. The van der Waals surface area contributed by atoms with Crippen molar-refractivity contribution in [3.05, 3.63) is 54.7 Å². The van der Waals surface area contributed by atoms with Crippen LogP contribution in [0.2, 0.25) is 0 Å². The zero-order valence-corrected chi connectivity index (χ0v) is 16.9. The number of rotatable bonds is 5. The third-order valence-corrected chi connectivity index (χ3v) is 5.50. The number of methoxy groups -OCH3 is 1. The van der Waals surface area contributed by atoms with Crippen LogP contribution in [-0.4, -0.2) is 42.1 Å². The Morgan fingerprint density at radius 2 is 1.86 bits per heavy atom. The van der Waals surface area contributed by atoms with E-state index >= 15 is 0 Å². The minimum Gasteiger partial charge on any atom is -0.494 e. The Kier molecular flexibility index (Phi) is 5.65. The van der Waals surface area contributed by atoms with Gasteiger partial charge in [-0.15, -0.1) is 0 Å². The average molecular weight is 390 g/mol. The molecule has 0 unspecified atom stereocenters. The average Bonchev–Trinajstić information content (AvgIpc) is 2.79. The predicted octanol–water partition coefficient (Wildman–Crippen LogP) is 4.69. The number of piperidine rings is 1. The van der Waals surface area contributed by atoms with Crippen molar-refractivity contribution in [3.8, 4) is 22.6 Å². The molecule has 1 fully saturated rings. The topological polar surface area (TPSA) is 51.7 Å². The fraction of sp³-hybridized carbons (Fsp3) is 0.333. The number of benzene rings is 2. The number of hydrogen-bond acceptors (Lipinski definition) is 4. The molecule has 5 heteroatoms. The van der Waals surface area contributed by atoms with Crippen LogP contribution in [0.5, 0.6) is 11.5 Å². The fourth-order valence-electron chi connectivity index (χ4n) is 3.90. The molecule has 1 aromatic heterocycles. The standard InChI is InChI=1S/C24H26N2O3/c1-3-22(27)26-15-12-20(13-16-26)29-19-9-6-17(7-10-19)21-11-8-18-5-4-14-25-23(18)24(21)28-2/h4-11,14,20H,3,12-13,15-16H2,1-2H3. The summed E-state index contributed by atoms with van der Waals surface area (Å²) >= 11 is 0. The zero-order chi connectivity index (χ0) is 20.2.